The van der Waals surface area contributed by atoms with E-state index in [1.54, 1.807) is 6.07 Å². The normalized spacial score (nSPS) is 16.3. The zero-order valence-electron chi connectivity index (χ0n) is 14.6. The van der Waals surface area contributed by atoms with Crippen LogP contribution in [0.2, 0.25) is 10.0 Å². The monoisotopic (exact) mass is 389 g/mol. The summed E-state index contributed by atoms with van der Waals surface area (Å²) >= 11 is 12.2. The predicted molar refractivity (Wildman–Crippen MR) is 107 cm³/mol. The Morgan fingerprint density at radius 2 is 1.88 bits per heavy atom. The quantitative estimate of drug-likeness (QED) is 0.687. The summed E-state index contributed by atoms with van der Waals surface area (Å²) in [6.07, 6.45) is 3.08. The molecule has 0 spiro atoms. The number of hydrogen-bond donors (Lipinski definition) is 1. The zero-order valence-corrected chi connectivity index (χ0v) is 16.1. The van der Waals surface area contributed by atoms with Gasteiger partial charge in [-0.25, -0.2) is 4.98 Å². The van der Waals surface area contributed by atoms with Gasteiger partial charge in [0, 0.05) is 25.1 Å². The molecule has 1 fully saturated rings. The summed E-state index contributed by atoms with van der Waals surface area (Å²) in [5, 5.41) is 1.04. The van der Waals surface area contributed by atoms with Crippen LogP contribution >= 0.6 is 23.2 Å². The Hall–Kier alpha value is -1.75. The average molecular weight is 390 g/mol. The van der Waals surface area contributed by atoms with E-state index in [0.29, 0.717) is 16.5 Å². The molecule has 0 saturated carbocycles. The molecule has 0 bridgehead atoms. The van der Waals surface area contributed by atoms with E-state index in [1.165, 1.54) is 0 Å². The molecule has 0 aliphatic carbocycles. The van der Waals surface area contributed by atoms with Crippen LogP contribution in [0.25, 0.3) is 11.0 Å². The standard InChI is InChI=1S/C20H21Cl2N3O/c1-25-8-6-14(7-9-25)26-19-5-3-2-4-13(19)10-20-23-17-11-15(21)16(22)12-18(17)24-20/h2-5,11-12,14H,6-10H2,1H3,(H,23,24). The molecule has 1 aliphatic heterocycles. The molecule has 1 aliphatic rings. The highest BCUT2D eigenvalue weighted by Crippen LogP contribution is 2.28. The number of rotatable bonds is 4. The molecule has 0 unspecified atom stereocenters. The molecule has 1 saturated heterocycles. The van der Waals surface area contributed by atoms with Crippen LogP contribution in [0.3, 0.4) is 0 Å². The van der Waals surface area contributed by atoms with E-state index in [0.717, 1.165) is 54.1 Å². The number of halogens is 2. The number of ether oxygens (including phenoxy) is 1. The van der Waals surface area contributed by atoms with E-state index in [2.05, 4.69) is 28.0 Å². The van der Waals surface area contributed by atoms with E-state index in [1.807, 2.05) is 24.3 Å². The number of nitrogens with zero attached hydrogens (tertiary/aromatic N) is 2. The predicted octanol–water partition coefficient (Wildman–Crippen LogP) is 4.93. The number of aromatic amines is 1. The summed E-state index contributed by atoms with van der Waals surface area (Å²) < 4.78 is 6.31. The van der Waals surface area contributed by atoms with Crippen molar-refractivity contribution in [3.63, 3.8) is 0 Å². The average Bonchev–Trinajstić information content (AvgIpc) is 3.00. The largest absolute Gasteiger partial charge is 0.490 e. The van der Waals surface area contributed by atoms with E-state index >= 15 is 0 Å². The van der Waals surface area contributed by atoms with Crippen molar-refractivity contribution in [3.8, 4) is 5.75 Å². The van der Waals surface area contributed by atoms with Crippen LogP contribution < -0.4 is 4.74 Å². The van der Waals surface area contributed by atoms with Gasteiger partial charge in [0.25, 0.3) is 0 Å². The topological polar surface area (TPSA) is 41.1 Å². The Bertz CT molecular complexity index is 878. The van der Waals surface area contributed by atoms with Crippen LogP contribution in [0, 0.1) is 0 Å². The highest BCUT2D eigenvalue weighted by molar-refractivity contribution is 6.42. The van der Waals surface area contributed by atoms with Gasteiger partial charge >= 0.3 is 0 Å². The van der Waals surface area contributed by atoms with Crippen LogP contribution in [0.4, 0.5) is 0 Å². The Morgan fingerprint density at radius 1 is 1.15 bits per heavy atom. The van der Waals surface area contributed by atoms with Crippen molar-refractivity contribution in [2.45, 2.75) is 25.4 Å². The first-order valence-electron chi connectivity index (χ1n) is 8.85. The van der Waals surface area contributed by atoms with Gasteiger partial charge in [0.1, 0.15) is 17.7 Å². The number of aromatic nitrogens is 2. The third-order valence-electron chi connectivity index (χ3n) is 4.86. The lowest BCUT2D eigenvalue weighted by Crippen LogP contribution is -2.35. The lowest BCUT2D eigenvalue weighted by molar-refractivity contribution is 0.113. The molecule has 136 valence electrons. The van der Waals surface area contributed by atoms with Crippen LogP contribution in [-0.2, 0) is 6.42 Å². The van der Waals surface area contributed by atoms with Crippen LogP contribution in [0.15, 0.2) is 36.4 Å². The molecular weight excluding hydrogens is 369 g/mol. The molecular formula is C20H21Cl2N3O. The number of fused-ring (bicyclic) bond motifs is 1. The zero-order chi connectivity index (χ0) is 18.1. The SMILES string of the molecule is CN1CCC(Oc2ccccc2Cc2nc3cc(Cl)c(Cl)cc3[nH]2)CC1. The first-order chi connectivity index (χ1) is 12.6. The maximum atomic E-state index is 6.31. The van der Waals surface area contributed by atoms with Crippen molar-refractivity contribution >= 4 is 34.2 Å². The lowest BCUT2D eigenvalue weighted by Gasteiger charge is -2.29. The van der Waals surface area contributed by atoms with Crippen molar-refractivity contribution in [2.75, 3.05) is 20.1 Å². The van der Waals surface area contributed by atoms with Crippen molar-refractivity contribution in [3.05, 3.63) is 57.8 Å². The minimum atomic E-state index is 0.278. The van der Waals surface area contributed by atoms with E-state index in [4.69, 9.17) is 27.9 Å². The molecule has 26 heavy (non-hydrogen) atoms. The summed E-state index contributed by atoms with van der Waals surface area (Å²) in [5.41, 5.74) is 2.84. The van der Waals surface area contributed by atoms with Crippen LogP contribution in [0.5, 0.6) is 5.75 Å². The summed E-state index contributed by atoms with van der Waals surface area (Å²) in [4.78, 5) is 10.3. The van der Waals surface area contributed by atoms with E-state index < -0.39 is 0 Å². The number of piperidine rings is 1. The van der Waals surface area contributed by atoms with Gasteiger partial charge in [-0.2, -0.15) is 0 Å². The first-order valence-corrected chi connectivity index (χ1v) is 9.61. The molecule has 4 rings (SSSR count). The van der Waals surface area contributed by atoms with Gasteiger partial charge < -0.3 is 14.6 Å². The molecule has 2 heterocycles. The van der Waals surface area contributed by atoms with Gasteiger partial charge in [-0.1, -0.05) is 41.4 Å². The summed E-state index contributed by atoms with van der Waals surface area (Å²) in [6.45, 7) is 2.16. The first kappa shape index (κ1) is 17.7. The van der Waals surface area contributed by atoms with Gasteiger partial charge in [0.15, 0.2) is 0 Å². The number of para-hydroxylation sites is 1. The van der Waals surface area contributed by atoms with Gasteiger partial charge in [-0.05, 0) is 38.1 Å². The summed E-state index contributed by atoms with van der Waals surface area (Å²) in [7, 11) is 2.16. The fourth-order valence-corrected chi connectivity index (χ4v) is 3.69. The number of benzene rings is 2. The van der Waals surface area contributed by atoms with Gasteiger partial charge in [-0.3, -0.25) is 0 Å². The highest BCUT2D eigenvalue weighted by Gasteiger charge is 2.19. The Morgan fingerprint density at radius 3 is 2.69 bits per heavy atom. The van der Waals surface area contributed by atoms with Gasteiger partial charge in [0.2, 0.25) is 0 Å². The minimum Gasteiger partial charge on any atom is -0.490 e. The van der Waals surface area contributed by atoms with Crippen LogP contribution in [0.1, 0.15) is 24.2 Å². The Balaban J connectivity index is 1.55. The van der Waals surface area contributed by atoms with Crippen molar-refractivity contribution in [2.24, 2.45) is 0 Å². The second-order valence-corrected chi connectivity index (χ2v) is 7.69. The molecule has 6 heteroatoms. The van der Waals surface area contributed by atoms with E-state index in [9.17, 15) is 0 Å². The molecule has 2 aromatic carbocycles. The number of likely N-dealkylation sites (tertiary alicyclic amines) is 1. The molecule has 0 atom stereocenters. The third kappa shape index (κ3) is 3.83. The Kier molecular flexibility index (Phi) is 5.07. The molecule has 1 N–H and O–H groups in total. The molecule has 0 radical (unpaired) electrons. The molecule has 1 aromatic heterocycles. The third-order valence-corrected chi connectivity index (χ3v) is 5.58. The smallest absolute Gasteiger partial charge is 0.123 e. The van der Waals surface area contributed by atoms with Gasteiger partial charge in [0.05, 0.1) is 21.1 Å². The number of hydrogen-bond acceptors (Lipinski definition) is 3. The lowest BCUT2D eigenvalue weighted by atomic mass is 10.1. The molecule has 4 nitrogen and oxygen atoms in total. The minimum absolute atomic E-state index is 0.278. The summed E-state index contributed by atoms with van der Waals surface area (Å²) in [5.74, 6) is 1.82. The summed E-state index contributed by atoms with van der Waals surface area (Å²) in [6, 6.07) is 11.8. The van der Waals surface area contributed by atoms with Crippen molar-refractivity contribution in [1.29, 1.82) is 0 Å². The fourth-order valence-electron chi connectivity index (χ4n) is 3.37. The fraction of sp³-hybridized carbons (Fsp3) is 0.350. The van der Waals surface area contributed by atoms with Gasteiger partial charge in [-0.15, -0.1) is 0 Å². The maximum Gasteiger partial charge on any atom is 0.123 e. The van der Waals surface area contributed by atoms with E-state index in [-0.39, 0.29) is 6.10 Å². The second kappa shape index (κ2) is 7.47. The van der Waals surface area contributed by atoms with Crippen LogP contribution in [-0.4, -0.2) is 41.1 Å². The van der Waals surface area contributed by atoms with Crippen molar-refractivity contribution in [1.82, 2.24) is 14.9 Å². The number of imidazole rings is 1. The highest BCUT2D eigenvalue weighted by atomic mass is 35.5. The number of nitrogens with one attached hydrogen (secondary N) is 1. The molecule has 3 aromatic rings. The maximum absolute atomic E-state index is 6.31. The Labute approximate surface area is 163 Å². The second-order valence-electron chi connectivity index (χ2n) is 6.87. The molecule has 0 amide bonds. The van der Waals surface area contributed by atoms with Crippen molar-refractivity contribution < 1.29 is 4.74 Å². The number of H-pyrrole nitrogens is 1.